The van der Waals surface area contributed by atoms with Gasteiger partial charge in [-0.25, -0.2) is 15.0 Å². The number of aryl methyl sites for hydroxylation is 2. The van der Waals surface area contributed by atoms with Gasteiger partial charge in [0.2, 0.25) is 5.95 Å². The Morgan fingerprint density at radius 3 is 1.49 bits per heavy atom. The van der Waals surface area contributed by atoms with Gasteiger partial charge < -0.3 is 9.47 Å². The molecule has 0 radical (unpaired) electrons. The molecule has 0 unspecified atom stereocenters. The Hall–Kier alpha value is -6.41. The minimum absolute atomic E-state index is 0.509. The summed E-state index contributed by atoms with van der Waals surface area (Å²) in [4.78, 5) is 22.3. The van der Waals surface area contributed by atoms with Crippen molar-refractivity contribution in [1.82, 2.24) is 29.5 Å². The number of hydrogen-bond acceptors (Lipinski definition) is 7. The van der Waals surface area contributed by atoms with Gasteiger partial charge in [-0.15, -0.1) is 0 Å². The van der Waals surface area contributed by atoms with Crippen molar-refractivity contribution in [2.24, 2.45) is 0 Å². The molecule has 0 fully saturated rings. The predicted octanol–water partition coefficient (Wildman–Crippen LogP) is 9.80. The number of pyridine rings is 2. The van der Waals surface area contributed by atoms with Crippen molar-refractivity contribution in [3.8, 4) is 51.5 Å². The summed E-state index contributed by atoms with van der Waals surface area (Å²) in [5, 5.41) is 2.17. The third kappa shape index (κ3) is 5.85. The van der Waals surface area contributed by atoms with E-state index in [1.807, 2.05) is 84.9 Å². The second-order valence-electron chi connectivity index (χ2n) is 11.6. The molecule has 8 nitrogen and oxygen atoms in total. The molecule has 8 aromatic rings. The monoisotopic (exact) mass is 640 g/mol. The van der Waals surface area contributed by atoms with Gasteiger partial charge in [0, 0.05) is 46.4 Å². The molecule has 4 aromatic heterocycles. The first-order valence-corrected chi connectivity index (χ1v) is 16.3. The van der Waals surface area contributed by atoms with E-state index in [-0.39, 0.29) is 0 Å². The van der Waals surface area contributed by atoms with E-state index in [0.29, 0.717) is 5.95 Å². The highest BCUT2D eigenvalue weighted by Gasteiger charge is 2.20. The Bertz CT molecular complexity index is 2260. The van der Waals surface area contributed by atoms with Crippen LogP contribution in [-0.4, -0.2) is 29.5 Å². The number of fused-ring (bicyclic) bond motifs is 3. The van der Waals surface area contributed by atoms with E-state index in [1.54, 1.807) is 12.4 Å². The summed E-state index contributed by atoms with van der Waals surface area (Å²) < 4.78 is 15.3. The van der Waals surface area contributed by atoms with E-state index in [9.17, 15) is 0 Å². The molecular formula is C41H32N6O2. The van der Waals surface area contributed by atoms with Gasteiger partial charge in [0.25, 0.3) is 0 Å². The standard InChI is InChI=1S/C41H32N6O2/c1-3-27-21-33-34-22-28(4-2)40(49-32-14-10-12-30(20-32)36-16-6-8-18-44-36)24-38(34)47(41-45-25-42-26-46-41)37(33)23-39(27)48-31-13-9-11-29(19-31)35-15-5-7-17-43-35/h5-26H,3-4H2,1-2H3. The molecule has 0 bridgehead atoms. The lowest BCUT2D eigenvalue weighted by Gasteiger charge is -2.13. The van der Waals surface area contributed by atoms with Crippen LogP contribution in [0.4, 0.5) is 0 Å². The third-order valence-corrected chi connectivity index (χ3v) is 8.62. The molecule has 0 aliphatic carbocycles. The van der Waals surface area contributed by atoms with Crippen molar-refractivity contribution in [2.45, 2.75) is 26.7 Å². The summed E-state index contributed by atoms with van der Waals surface area (Å²) in [6.45, 7) is 4.29. The van der Waals surface area contributed by atoms with Crippen LogP contribution in [0.1, 0.15) is 25.0 Å². The SMILES string of the molecule is CCc1cc2c3cc(CC)c(Oc4cccc(-c5ccccn5)c4)cc3n(-c3ncncn3)c2cc1Oc1cccc(-c2ccccn2)c1. The van der Waals surface area contributed by atoms with E-state index in [1.165, 1.54) is 12.7 Å². The Balaban J connectivity index is 1.27. The molecule has 8 heteroatoms. The highest BCUT2D eigenvalue weighted by Crippen LogP contribution is 2.41. The number of aromatic nitrogens is 6. The van der Waals surface area contributed by atoms with Gasteiger partial charge in [-0.05, 0) is 84.6 Å². The quantitative estimate of drug-likeness (QED) is 0.155. The van der Waals surface area contributed by atoms with Crippen LogP contribution in [-0.2, 0) is 12.8 Å². The first kappa shape index (κ1) is 30.0. The zero-order chi connectivity index (χ0) is 33.2. The maximum Gasteiger partial charge on any atom is 0.237 e. The van der Waals surface area contributed by atoms with Crippen LogP contribution in [0, 0.1) is 0 Å². The molecule has 0 atom stereocenters. The Kier molecular flexibility index (Phi) is 7.95. The summed E-state index contributed by atoms with van der Waals surface area (Å²) in [6.07, 6.45) is 8.21. The fourth-order valence-electron chi connectivity index (χ4n) is 6.22. The molecule has 0 saturated carbocycles. The Morgan fingerprint density at radius 1 is 0.531 bits per heavy atom. The van der Waals surface area contributed by atoms with Crippen molar-refractivity contribution >= 4 is 21.8 Å². The first-order valence-electron chi connectivity index (χ1n) is 16.3. The minimum atomic E-state index is 0.509. The molecule has 4 heterocycles. The summed E-state index contributed by atoms with van der Waals surface area (Å²) >= 11 is 0. The molecule has 0 saturated heterocycles. The molecule has 0 aliphatic rings. The lowest BCUT2D eigenvalue weighted by Crippen LogP contribution is -2.02. The van der Waals surface area contributed by atoms with Crippen LogP contribution in [0.3, 0.4) is 0 Å². The third-order valence-electron chi connectivity index (χ3n) is 8.62. The molecule has 8 rings (SSSR count). The number of ether oxygens (including phenoxy) is 2. The van der Waals surface area contributed by atoms with Crippen LogP contribution in [0.5, 0.6) is 23.0 Å². The maximum absolute atomic E-state index is 6.63. The van der Waals surface area contributed by atoms with Gasteiger partial charge >= 0.3 is 0 Å². The van der Waals surface area contributed by atoms with Gasteiger partial charge in [0.1, 0.15) is 35.7 Å². The Morgan fingerprint density at radius 2 is 1.04 bits per heavy atom. The van der Waals surface area contributed by atoms with Crippen molar-refractivity contribution < 1.29 is 9.47 Å². The highest BCUT2D eigenvalue weighted by atomic mass is 16.5. The fourth-order valence-corrected chi connectivity index (χ4v) is 6.22. The lowest BCUT2D eigenvalue weighted by atomic mass is 10.0. The molecule has 0 N–H and O–H groups in total. The van der Waals surface area contributed by atoms with Gasteiger partial charge in [-0.1, -0.05) is 50.2 Å². The summed E-state index contributed by atoms with van der Waals surface area (Å²) in [6, 6.07) is 36.5. The molecular weight excluding hydrogens is 608 g/mol. The van der Waals surface area contributed by atoms with E-state index < -0.39 is 0 Å². The van der Waals surface area contributed by atoms with Crippen molar-refractivity contribution in [3.63, 3.8) is 0 Å². The van der Waals surface area contributed by atoms with Crippen molar-refractivity contribution in [2.75, 3.05) is 0 Å². The van der Waals surface area contributed by atoms with Gasteiger partial charge in [-0.3, -0.25) is 14.5 Å². The second kappa shape index (κ2) is 13.0. The average Bonchev–Trinajstić information content (AvgIpc) is 3.47. The second-order valence-corrected chi connectivity index (χ2v) is 11.6. The smallest absolute Gasteiger partial charge is 0.237 e. The van der Waals surface area contributed by atoms with E-state index >= 15 is 0 Å². The molecule has 0 aliphatic heterocycles. The molecule has 4 aromatic carbocycles. The average molecular weight is 641 g/mol. The largest absolute Gasteiger partial charge is 0.457 e. The maximum atomic E-state index is 6.63. The van der Waals surface area contributed by atoms with E-state index in [0.717, 1.165) is 91.3 Å². The fraction of sp³-hybridized carbons (Fsp3) is 0.0976. The van der Waals surface area contributed by atoms with Crippen LogP contribution < -0.4 is 9.47 Å². The summed E-state index contributed by atoms with van der Waals surface area (Å²) in [7, 11) is 0. The van der Waals surface area contributed by atoms with E-state index in [2.05, 4.69) is 67.6 Å². The van der Waals surface area contributed by atoms with Gasteiger partial charge in [0.05, 0.1) is 22.4 Å². The molecule has 238 valence electrons. The van der Waals surface area contributed by atoms with Crippen LogP contribution in [0.25, 0.3) is 50.3 Å². The van der Waals surface area contributed by atoms with Crippen molar-refractivity contribution in [3.05, 3.63) is 145 Å². The van der Waals surface area contributed by atoms with Gasteiger partial charge in [0.15, 0.2) is 0 Å². The van der Waals surface area contributed by atoms with E-state index in [4.69, 9.17) is 9.47 Å². The minimum Gasteiger partial charge on any atom is -0.457 e. The number of benzene rings is 4. The van der Waals surface area contributed by atoms with Gasteiger partial charge in [-0.2, -0.15) is 0 Å². The number of nitrogens with zero attached hydrogens (tertiary/aromatic N) is 6. The predicted molar refractivity (Wildman–Crippen MR) is 192 cm³/mol. The van der Waals surface area contributed by atoms with Crippen LogP contribution in [0.2, 0.25) is 0 Å². The van der Waals surface area contributed by atoms with Crippen LogP contribution in [0.15, 0.2) is 134 Å². The normalized spacial score (nSPS) is 11.2. The summed E-state index contributed by atoms with van der Waals surface area (Å²) in [5.74, 6) is 3.51. The molecule has 0 amide bonds. The topological polar surface area (TPSA) is 87.8 Å². The lowest BCUT2D eigenvalue weighted by molar-refractivity contribution is 0.477. The Labute approximate surface area is 283 Å². The van der Waals surface area contributed by atoms with Crippen LogP contribution >= 0.6 is 0 Å². The zero-order valence-corrected chi connectivity index (χ0v) is 27.1. The number of rotatable bonds is 9. The number of hydrogen-bond donors (Lipinski definition) is 0. The van der Waals surface area contributed by atoms with Crippen molar-refractivity contribution in [1.29, 1.82) is 0 Å². The molecule has 0 spiro atoms. The zero-order valence-electron chi connectivity index (χ0n) is 27.1. The summed E-state index contributed by atoms with van der Waals surface area (Å²) in [5.41, 5.74) is 7.79. The molecule has 49 heavy (non-hydrogen) atoms. The first-order chi connectivity index (χ1) is 24.2. The highest BCUT2D eigenvalue weighted by molar-refractivity contribution is 6.10.